The average Bonchev–Trinajstić information content (AvgIpc) is 2.54. The molecule has 8 N–H and O–H groups in total. The van der Waals surface area contributed by atoms with E-state index in [0.29, 0.717) is 21.3 Å². The Morgan fingerprint density at radius 2 is 1.38 bits per heavy atom. The minimum atomic E-state index is -1.17. The van der Waals surface area contributed by atoms with E-state index >= 15 is 0 Å². The fourth-order valence-corrected chi connectivity index (χ4v) is 1.58. The van der Waals surface area contributed by atoms with E-state index in [1.54, 1.807) is 48.5 Å². The number of nitrogens with one attached hydrogen (secondary N) is 1. The molecule has 0 aliphatic rings. The van der Waals surface area contributed by atoms with Gasteiger partial charge in [-0.3, -0.25) is 5.41 Å². The van der Waals surface area contributed by atoms with Gasteiger partial charge < -0.3 is 16.6 Å². The molecule has 0 saturated carbocycles. The molecule has 0 atom stereocenters. The van der Waals surface area contributed by atoms with Crippen molar-refractivity contribution >= 4 is 84.8 Å². The van der Waals surface area contributed by atoms with Crippen molar-refractivity contribution in [3.63, 3.8) is 0 Å². The lowest BCUT2D eigenvalue weighted by atomic mass is 10.2. The molecule has 0 fully saturated rings. The van der Waals surface area contributed by atoms with E-state index in [1.807, 2.05) is 5.79 Å². The number of halogens is 4. The first kappa shape index (κ1) is 35.9. The second-order valence-electron chi connectivity index (χ2n) is 5.93. The van der Waals surface area contributed by atoms with Gasteiger partial charge in [-0.25, -0.2) is 14.9 Å². The van der Waals surface area contributed by atoms with Crippen LogP contribution in [0.1, 0.15) is 5.56 Å². The molecule has 2 rings (SSSR count). The molecule has 0 saturated heterocycles. The average molecular weight is 511 g/mol. The van der Waals surface area contributed by atoms with Crippen molar-refractivity contribution < 1.29 is 0 Å². The van der Waals surface area contributed by atoms with Crippen LogP contribution in [0.15, 0.2) is 48.5 Å². The second kappa shape index (κ2) is 22.2. The third kappa shape index (κ3) is 27.5. The van der Waals surface area contributed by atoms with E-state index in [9.17, 15) is 0 Å². The lowest BCUT2D eigenvalue weighted by Gasteiger charge is -1.96. The highest BCUT2D eigenvalue weighted by atomic mass is 35.6. The molecule has 2 aromatic carbocycles. The Hall–Kier alpha value is -0.455. The SMILES string of the molecule is Cl.N.N=C(N)c1cccc(Cl)c1.[C-]#[N+]c1cccc(Cl)c1.[CH3][Al]([CH3])[CH3].[CH3][Al]([NH2])[Cl]. The van der Waals surface area contributed by atoms with Crippen LogP contribution in [-0.2, 0) is 0 Å². The van der Waals surface area contributed by atoms with Crippen LogP contribution < -0.4 is 16.6 Å². The number of hydrogen-bond donors (Lipinski definition) is 4. The third-order valence-corrected chi connectivity index (χ3v) is 2.54. The van der Waals surface area contributed by atoms with E-state index in [1.165, 1.54) is 0 Å². The Labute approximate surface area is 204 Å². The minimum absolute atomic E-state index is 0. The van der Waals surface area contributed by atoms with Gasteiger partial charge in [0.15, 0.2) is 5.69 Å². The molecule has 29 heavy (non-hydrogen) atoms. The summed E-state index contributed by atoms with van der Waals surface area (Å²) < 4.78 is 5.02. The van der Waals surface area contributed by atoms with Crippen molar-refractivity contribution in [2.75, 3.05) is 0 Å². The molecule has 0 spiro atoms. The summed E-state index contributed by atoms with van der Waals surface area (Å²) in [5.74, 6) is 8.81. The zero-order valence-electron chi connectivity index (χ0n) is 17.1. The van der Waals surface area contributed by atoms with Crippen LogP contribution in [0.2, 0.25) is 33.2 Å². The zero-order chi connectivity index (χ0) is 21.4. The summed E-state index contributed by atoms with van der Waals surface area (Å²) in [4.78, 5) is 3.20. The van der Waals surface area contributed by atoms with Gasteiger partial charge in [0.2, 0.25) is 0 Å². The van der Waals surface area contributed by atoms with Crippen LogP contribution in [0.4, 0.5) is 5.69 Å². The molecule has 0 radical (unpaired) electrons. The molecular weight excluding hydrogens is 482 g/mol. The van der Waals surface area contributed by atoms with Crippen molar-refractivity contribution in [3.05, 3.63) is 75.6 Å². The van der Waals surface area contributed by atoms with Crippen molar-refractivity contribution in [3.8, 4) is 0 Å². The van der Waals surface area contributed by atoms with Crippen LogP contribution in [0.5, 0.6) is 0 Å². The van der Waals surface area contributed by atoms with E-state index < -0.39 is 13.4 Å². The van der Waals surface area contributed by atoms with Gasteiger partial charge in [0.05, 0.1) is 6.57 Å². The summed E-state index contributed by atoms with van der Waals surface area (Å²) in [7, 11) is 5.19. The normalized spacial score (nSPS) is 7.69. The number of nitrogens with zero attached hydrogens (tertiary/aromatic N) is 1. The van der Waals surface area contributed by atoms with Gasteiger partial charge in [-0.15, -0.1) is 29.8 Å². The van der Waals surface area contributed by atoms with Crippen molar-refractivity contribution in [1.82, 2.24) is 6.15 Å². The molecule has 0 aliphatic heterocycles. The fraction of sp³-hybridized carbons (Fsp3) is 0.222. The molecule has 0 aliphatic carbocycles. The van der Waals surface area contributed by atoms with Crippen molar-refractivity contribution in [2.45, 2.75) is 23.1 Å². The van der Waals surface area contributed by atoms with Gasteiger partial charge in [-0.1, -0.05) is 53.3 Å². The molecule has 0 aromatic heterocycles. The Bertz CT molecular complexity index is 714. The Morgan fingerprint density at radius 3 is 1.62 bits per heavy atom. The first-order valence-corrected chi connectivity index (χ1v) is 15.9. The quantitative estimate of drug-likeness (QED) is 0.147. The van der Waals surface area contributed by atoms with Crippen LogP contribution in [0.3, 0.4) is 0 Å². The molecule has 11 heteroatoms. The number of nitrogen functional groups attached to an aromatic ring is 1. The molecule has 0 heterocycles. The third-order valence-electron chi connectivity index (χ3n) is 2.07. The number of rotatable bonds is 1. The first-order chi connectivity index (χ1) is 12.5. The maximum atomic E-state index is 7.05. The summed E-state index contributed by atoms with van der Waals surface area (Å²) in [5.41, 5.74) is 6.45. The molecule has 5 nitrogen and oxygen atoms in total. The molecular formula is C18H29Al2Cl4N5. The number of nitrogens with two attached hydrogens (primary N) is 2. The highest BCUT2D eigenvalue weighted by Gasteiger charge is 1.94. The Kier molecular flexibility index (Phi) is 27.6. The van der Waals surface area contributed by atoms with Gasteiger partial charge in [-0.2, -0.15) is 0 Å². The molecule has 2 aromatic rings. The van der Waals surface area contributed by atoms with Gasteiger partial charge in [0.25, 0.3) is 14.1 Å². The maximum absolute atomic E-state index is 7.05. The van der Waals surface area contributed by atoms with Gasteiger partial charge in [-0.05, 0) is 24.3 Å². The smallest absolute Gasteiger partial charge is 0.400 e. The monoisotopic (exact) mass is 509 g/mol. The van der Waals surface area contributed by atoms with Crippen LogP contribution in [0, 0.1) is 12.0 Å². The highest BCUT2D eigenvalue weighted by molar-refractivity contribution is 7.04. The summed E-state index contributed by atoms with van der Waals surface area (Å²) in [6.45, 7) is 6.61. The summed E-state index contributed by atoms with van der Waals surface area (Å²) in [6.07, 6.45) is 0. The number of hydrogen-bond acceptors (Lipinski definition) is 3. The highest BCUT2D eigenvalue weighted by Crippen LogP contribution is 2.16. The van der Waals surface area contributed by atoms with Gasteiger partial charge in [0.1, 0.15) is 5.84 Å². The maximum Gasteiger partial charge on any atom is 0.494 e. The van der Waals surface area contributed by atoms with Gasteiger partial charge >= 0.3 is 13.4 Å². The van der Waals surface area contributed by atoms with Gasteiger partial charge in [0, 0.05) is 15.6 Å². The standard InChI is InChI=1S/C7H7ClN2.C7H4ClN.4CH3.2Al.2ClH.H3N.H2N/c8-6-3-1-2-5(4-6)7(9)10;1-9-7-4-2-3-6(8)5-7;;;;;;;;;;/h1-4H,(H3,9,10);2-5H;4*1H3;;;2*1H;1H3;1H2/q;;;;;;;+2;;;;-1/p-1. The summed E-state index contributed by atoms with van der Waals surface area (Å²) in [6, 6.07) is 13.8. The lowest BCUT2D eigenvalue weighted by molar-refractivity contribution is 1.42. The largest absolute Gasteiger partial charge is 0.494 e. The molecule has 160 valence electrons. The summed E-state index contributed by atoms with van der Waals surface area (Å²) in [5, 5.41) is 8.27. The lowest BCUT2D eigenvalue weighted by Crippen LogP contribution is -2.10. The van der Waals surface area contributed by atoms with E-state index in [2.05, 4.69) is 22.2 Å². The molecule has 0 amide bonds. The topological polar surface area (TPSA) is 115 Å². The Balaban J connectivity index is -0.000000152. The second-order valence-corrected chi connectivity index (χ2v) is 13.7. The van der Waals surface area contributed by atoms with E-state index in [-0.39, 0.29) is 38.5 Å². The van der Waals surface area contributed by atoms with Crippen molar-refractivity contribution in [2.24, 2.45) is 10.5 Å². The van der Waals surface area contributed by atoms with E-state index in [0.717, 1.165) is 0 Å². The fourth-order valence-electron chi connectivity index (χ4n) is 1.20. The first-order valence-electron chi connectivity index (χ1n) is 8.12. The predicted molar refractivity (Wildman–Crippen MR) is 137 cm³/mol. The van der Waals surface area contributed by atoms with Crippen LogP contribution in [0.25, 0.3) is 4.85 Å². The number of amidine groups is 1. The van der Waals surface area contributed by atoms with Crippen LogP contribution >= 0.6 is 45.7 Å². The predicted octanol–water partition coefficient (Wildman–Crippen LogP) is 6.77. The molecule has 0 unspecified atom stereocenters. The van der Waals surface area contributed by atoms with E-state index in [4.69, 9.17) is 55.7 Å². The Morgan fingerprint density at radius 1 is 1.00 bits per heavy atom. The van der Waals surface area contributed by atoms with Crippen molar-refractivity contribution in [1.29, 1.82) is 5.41 Å². The molecule has 0 bridgehead atoms. The number of benzene rings is 2. The minimum Gasteiger partial charge on any atom is -0.400 e. The zero-order valence-corrected chi connectivity index (χ0v) is 22.5. The summed E-state index contributed by atoms with van der Waals surface area (Å²) >= 11 is 9.91. The van der Waals surface area contributed by atoms with Crippen LogP contribution in [-0.4, -0.2) is 33.4 Å².